The molecule has 0 saturated carbocycles. The smallest absolute Gasteiger partial charge is 0.140 e. The monoisotopic (exact) mass is 448 g/mol. The third kappa shape index (κ3) is 20.1. The molecule has 190 valence electrons. The fourth-order valence-corrected chi connectivity index (χ4v) is 4.83. The number of hydrogen-bond acceptors (Lipinski definition) is 0. The Balaban J connectivity index is 4.84. The van der Waals surface area contributed by atoms with E-state index in [1.807, 2.05) is 0 Å². The third-order valence-electron chi connectivity index (χ3n) is 7.15. The van der Waals surface area contributed by atoms with Crippen molar-refractivity contribution in [3.8, 4) is 11.8 Å². The van der Waals surface area contributed by atoms with E-state index in [1.54, 1.807) is 0 Å². The lowest BCUT2D eigenvalue weighted by Gasteiger charge is -2.38. The van der Waals surface area contributed by atoms with Gasteiger partial charge in [-0.25, -0.2) is 0 Å². The highest BCUT2D eigenvalue weighted by Gasteiger charge is 2.25. The number of unbranched alkanes of at least 4 members (excludes halogenated alkanes) is 17. The molecule has 0 amide bonds. The minimum absolute atomic E-state index is 1.10. The van der Waals surface area contributed by atoms with Crippen LogP contribution in [0, 0.1) is 11.8 Å². The molecule has 32 heavy (non-hydrogen) atoms. The van der Waals surface area contributed by atoms with Crippen LogP contribution in [-0.4, -0.2) is 30.7 Å². The Morgan fingerprint density at radius 1 is 0.375 bits per heavy atom. The molecule has 0 aromatic heterocycles. The average Bonchev–Trinajstić information content (AvgIpc) is 2.80. The maximum atomic E-state index is 3.67. The second-order valence-corrected chi connectivity index (χ2v) is 10.4. The van der Waals surface area contributed by atoms with Crippen molar-refractivity contribution in [3.63, 3.8) is 0 Å². The van der Waals surface area contributed by atoms with Gasteiger partial charge in [0.1, 0.15) is 6.54 Å². The van der Waals surface area contributed by atoms with Crippen LogP contribution in [0.1, 0.15) is 163 Å². The standard InChI is InChI=1S/C31H62N/c1-5-9-13-17-21-25-29-32(28-24-20-16-12-8-4,30-26-22-18-14-10-6-2)31-27-23-19-15-11-7-3/h5-19,21-23,25-31H2,1-4H3/q+1. The highest BCUT2D eigenvalue weighted by atomic mass is 15.3. The summed E-state index contributed by atoms with van der Waals surface area (Å²) in [5.41, 5.74) is 0. The van der Waals surface area contributed by atoms with E-state index in [0.29, 0.717) is 0 Å². The average molecular weight is 449 g/mol. The van der Waals surface area contributed by atoms with E-state index in [-0.39, 0.29) is 0 Å². The van der Waals surface area contributed by atoms with Crippen LogP contribution in [0.25, 0.3) is 0 Å². The van der Waals surface area contributed by atoms with Crippen LogP contribution in [0.15, 0.2) is 0 Å². The first-order chi connectivity index (χ1) is 15.7. The molecule has 0 aliphatic heterocycles. The fourth-order valence-electron chi connectivity index (χ4n) is 4.83. The van der Waals surface area contributed by atoms with Gasteiger partial charge in [-0.2, -0.15) is 0 Å². The Hall–Kier alpha value is -0.480. The van der Waals surface area contributed by atoms with Crippen LogP contribution in [0.3, 0.4) is 0 Å². The van der Waals surface area contributed by atoms with Crippen molar-refractivity contribution >= 4 is 0 Å². The van der Waals surface area contributed by atoms with Crippen LogP contribution in [0.5, 0.6) is 0 Å². The van der Waals surface area contributed by atoms with Crippen molar-refractivity contribution in [2.75, 3.05) is 26.2 Å². The molecule has 0 heterocycles. The molecule has 0 aromatic carbocycles. The Labute approximate surface area is 205 Å². The molecule has 0 radical (unpaired) electrons. The van der Waals surface area contributed by atoms with Crippen molar-refractivity contribution in [3.05, 3.63) is 0 Å². The normalized spacial score (nSPS) is 11.5. The summed E-state index contributed by atoms with van der Waals surface area (Å²) in [5.74, 6) is 7.20. The summed E-state index contributed by atoms with van der Waals surface area (Å²) in [4.78, 5) is 0. The van der Waals surface area contributed by atoms with Crippen LogP contribution < -0.4 is 0 Å². The van der Waals surface area contributed by atoms with Gasteiger partial charge >= 0.3 is 0 Å². The molecule has 0 N–H and O–H groups in total. The van der Waals surface area contributed by atoms with E-state index in [4.69, 9.17) is 0 Å². The van der Waals surface area contributed by atoms with Gasteiger partial charge in [-0.1, -0.05) is 117 Å². The first-order valence-electron chi connectivity index (χ1n) is 15.1. The largest absolute Gasteiger partial charge is 0.314 e. The van der Waals surface area contributed by atoms with Crippen molar-refractivity contribution in [1.82, 2.24) is 0 Å². The third-order valence-corrected chi connectivity index (χ3v) is 7.15. The summed E-state index contributed by atoms with van der Waals surface area (Å²) in [5, 5.41) is 0. The molecule has 0 fully saturated rings. The van der Waals surface area contributed by atoms with E-state index in [1.165, 1.54) is 153 Å². The second kappa shape index (κ2) is 25.1. The van der Waals surface area contributed by atoms with Gasteiger partial charge in [0.2, 0.25) is 0 Å². The van der Waals surface area contributed by atoms with Gasteiger partial charge in [0.25, 0.3) is 0 Å². The Morgan fingerprint density at radius 2 is 0.719 bits per heavy atom. The maximum Gasteiger partial charge on any atom is 0.140 e. The molecule has 0 atom stereocenters. The molecule has 0 aromatic rings. The SMILES string of the molecule is CCCCC#CC[N+](CCCCCCCC)(CCCCCCCC)CCCCCCCC. The zero-order valence-electron chi connectivity index (χ0n) is 23.1. The van der Waals surface area contributed by atoms with Gasteiger partial charge in [-0.05, 0) is 50.9 Å². The van der Waals surface area contributed by atoms with Gasteiger partial charge < -0.3 is 4.48 Å². The molecule has 0 aliphatic carbocycles. The Kier molecular flexibility index (Phi) is 24.8. The van der Waals surface area contributed by atoms with Crippen molar-refractivity contribution < 1.29 is 4.48 Å². The molecule has 1 nitrogen and oxygen atoms in total. The molecular formula is C31H62N+. The van der Waals surface area contributed by atoms with Crippen LogP contribution >= 0.6 is 0 Å². The molecule has 0 unspecified atom stereocenters. The second-order valence-electron chi connectivity index (χ2n) is 10.4. The number of rotatable bonds is 24. The van der Waals surface area contributed by atoms with E-state index in [2.05, 4.69) is 39.5 Å². The number of hydrogen-bond donors (Lipinski definition) is 0. The van der Waals surface area contributed by atoms with Crippen LogP contribution in [-0.2, 0) is 0 Å². The van der Waals surface area contributed by atoms with Crippen LogP contribution in [0.2, 0.25) is 0 Å². The highest BCUT2D eigenvalue weighted by molar-refractivity contribution is 4.99. The lowest BCUT2D eigenvalue weighted by atomic mass is 10.1. The minimum atomic E-state index is 1.10. The quantitative estimate of drug-likeness (QED) is 0.0782. The topological polar surface area (TPSA) is 0 Å². The van der Waals surface area contributed by atoms with Gasteiger partial charge in [0, 0.05) is 6.42 Å². The summed E-state index contributed by atoms with van der Waals surface area (Å²) >= 11 is 0. The fraction of sp³-hybridized carbons (Fsp3) is 0.935. The van der Waals surface area contributed by atoms with Gasteiger partial charge in [0.05, 0.1) is 19.6 Å². The number of nitrogens with zero attached hydrogens (tertiary/aromatic N) is 1. The Morgan fingerprint density at radius 3 is 1.09 bits per heavy atom. The zero-order valence-corrected chi connectivity index (χ0v) is 23.1. The van der Waals surface area contributed by atoms with Crippen molar-refractivity contribution in [1.29, 1.82) is 0 Å². The molecule has 1 heteroatoms. The molecule has 0 rings (SSSR count). The molecular weight excluding hydrogens is 386 g/mol. The zero-order chi connectivity index (χ0) is 23.6. The molecule has 0 spiro atoms. The molecule has 0 saturated heterocycles. The molecule has 0 aliphatic rings. The highest BCUT2D eigenvalue weighted by Crippen LogP contribution is 2.18. The minimum Gasteiger partial charge on any atom is -0.314 e. The lowest BCUT2D eigenvalue weighted by molar-refractivity contribution is -0.922. The van der Waals surface area contributed by atoms with Gasteiger partial charge in [0.15, 0.2) is 0 Å². The van der Waals surface area contributed by atoms with E-state index >= 15 is 0 Å². The summed E-state index contributed by atoms with van der Waals surface area (Å²) in [6.07, 6.45) is 29.0. The first kappa shape index (κ1) is 31.5. The maximum absolute atomic E-state index is 3.67. The van der Waals surface area contributed by atoms with Crippen molar-refractivity contribution in [2.24, 2.45) is 0 Å². The van der Waals surface area contributed by atoms with Gasteiger partial charge in [-0.3, -0.25) is 0 Å². The number of quaternary nitrogens is 1. The summed E-state index contributed by atoms with van der Waals surface area (Å²) in [6.45, 7) is 14.5. The van der Waals surface area contributed by atoms with E-state index < -0.39 is 0 Å². The first-order valence-corrected chi connectivity index (χ1v) is 15.1. The van der Waals surface area contributed by atoms with E-state index in [9.17, 15) is 0 Å². The summed E-state index contributed by atoms with van der Waals surface area (Å²) in [6, 6.07) is 0. The van der Waals surface area contributed by atoms with Crippen LogP contribution in [0.4, 0.5) is 0 Å². The lowest BCUT2D eigenvalue weighted by Crippen LogP contribution is -2.50. The van der Waals surface area contributed by atoms with Gasteiger partial charge in [-0.15, -0.1) is 0 Å². The Bertz CT molecular complexity index is 375. The summed E-state index contributed by atoms with van der Waals surface area (Å²) < 4.78 is 1.30. The summed E-state index contributed by atoms with van der Waals surface area (Å²) in [7, 11) is 0. The molecule has 0 bridgehead atoms. The predicted molar refractivity (Wildman–Crippen MR) is 147 cm³/mol. The van der Waals surface area contributed by atoms with E-state index in [0.717, 1.165) is 13.0 Å². The van der Waals surface area contributed by atoms with Crippen molar-refractivity contribution in [2.45, 2.75) is 163 Å². The predicted octanol–water partition coefficient (Wildman–Crippen LogP) is 10.1.